The van der Waals surface area contributed by atoms with E-state index in [1.807, 2.05) is 0 Å². The van der Waals surface area contributed by atoms with Gasteiger partial charge in [0.1, 0.15) is 0 Å². The van der Waals surface area contributed by atoms with Gasteiger partial charge in [0, 0.05) is 6.92 Å². The highest BCUT2D eigenvalue weighted by Crippen LogP contribution is 2.15. The number of rotatable bonds is 22. The van der Waals surface area contributed by atoms with E-state index in [0.717, 1.165) is 19.3 Å². The second-order valence-corrected chi connectivity index (χ2v) is 8.59. The van der Waals surface area contributed by atoms with Gasteiger partial charge in [0.25, 0.3) is 0 Å². The summed E-state index contributed by atoms with van der Waals surface area (Å²) in [5.74, 6) is -1.56. The molecule has 0 fully saturated rings. The fourth-order valence-electron chi connectivity index (χ4n) is 3.84. The van der Waals surface area contributed by atoms with Crippen molar-refractivity contribution in [1.82, 2.24) is 0 Å². The molecular formula is C25H48O4. The van der Waals surface area contributed by atoms with Crippen LogP contribution < -0.4 is 0 Å². The van der Waals surface area contributed by atoms with Gasteiger partial charge in [0.2, 0.25) is 0 Å². The lowest BCUT2D eigenvalue weighted by Gasteiger charge is -2.11. The number of carboxylic acids is 1. The second kappa shape index (κ2) is 21.6. The van der Waals surface area contributed by atoms with Crippen LogP contribution in [0, 0.1) is 0 Å². The first-order valence-electron chi connectivity index (χ1n) is 12.5. The Kier molecular flexibility index (Phi) is 20.9. The summed E-state index contributed by atoms with van der Waals surface area (Å²) in [4.78, 5) is 21.9. The first kappa shape index (κ1) is 27.9. The molecule has 0 aromatic rings. The highest BCUT2D eigenvalue weighted by atomic mass is 16.6. The summed E-state index contributed by atoms with van der Waals surface area (Å²) in [5, 5.41) is 9.00. The van der Waals surface area contributed by atoms with Crippen LogP contribution in [0.15, 0.2) is 0 Å². The van der Waals surface area contributed by atoms with Crippen molar-refractivity contribution in [2.75, 3.05) is 0 Å². The molecule has 0 aliphatic carbocycles. The molecule has 0 aromatic carbocycles. The Hall–Kier alpha value is -1.06. The fourth-order valence-corrected chi connectivity index (χ4v) is 3.84. The average molecular weight is 413 g/mol. The van der Waals surface area contributed by atoms with Gasteiger partial charge in [-0.3, -0.25) is 4.79 Å². The van der Waals surface area contributed by atoms with Gasteiger partial charge in [0.05, 0.1) is 0 Å². The monoisotopic (exact) mass is 412 g/mol. The van der Waals surface area contributed by atoms with Gasteiger partial charge in [-0.15, -0.1) is 0 Å². The van der Waals surface area contributed by atoms with E-state index in [2.05, 4.69) is 6.92 Å². The minimum Gasteiger partial charge on any atom is -0.479 e. The molecule has 4 nitrogen and oxygen atoms in total. The third kappa shape index (κ3) is 21.5. The molecule has 0 aliphatic rings. The molecule has 0 saturated carbocycles. The smallest absolute Gasteiger partial charge is 0.345 e. The quantitative estimate of drug-likeness (QED) is 0.145. The van der Waals surface area contributed by atoms with Crippen molar-refractivity contribution in [3.8, 4) is 0 Å². The molecule has 0 saturated heterocycles. The number of hydrogen-bond donors (Lipinski definition) is 1. The molecule has 0 bridgehead atoms. The van der Waals surface area contributed by atoms with E-state index >= 15 is 0 Å². The van der Waals surface area contributed by atoms with Crippen molar-refractivity contribution in [3.63, 3.8) is 0 Å². The predicted octanol–water partition coefficient (Wildman–Crippen LogP) is 7.82. The molecule has 0 spiro atoms. The van der Waals surface area contributed by atoms with E-state index < -0.39 is 18.0 Å². The van der Waals surface area contributed by atoms with Crippen molar-refractivity contribution >= 4 is 11.9 Å². The number of ether oxygens (including phenoxy) is 1. The summed E-state index contributed by atoms with van der Waals surface area (Å²) < 4.78 is 4.81. The van der Waals surface area contributed by atoms with Crippen molar-refractivity contribution in [2.24, 2.45) is 0 Å². The van der Waals surface area contributed by atoms with Crippen molar-refractivity contribution < 1.29 is 19.4 Å². The van der Waals surface area contributed by atoms with Crippen LogP contribution in [0.4, 0.5) is 0 Å². The van der Waals surface area contributed by atoms with E-state index in [9.17, 15) is 9.59 Å². The van der Waals surface area contributed by atoms with Crippen LogP contribution >= 0.6 is 0 Å². The SMILES string of the molecule is CCCCCCCCCCCCCCCCCCCCC[C@@H](OC(C)=O)C(=O)O. The Balaban J connectivity index is 3.22. The minimum atomic E-state index is -1.04. The molecule has 0 amide bonds. The number of aliphatic carboxylic acids is 1. The summed E-state index contributed by atoms with van der Waals surface area (Å²) in [6.07, 6.45) is 24.5. The van der Waals surface area contributed by atoms with Crippen molar-refractivity contribution in [3.05, 3.63) is 0 Å². The van der Waals surface area contributed by atoms with Crippen molar-refractivity contribution in [2.45, 2.75) is 148 Å². The third-order valence-electron chi connectivity index (χ3n) is 5.65. The zero-order valence-electron chi connectivity index (χ0n) is 19.4. The lowest BCUT2D eigenvalue weighted by Crippen LogP contribution is -2.25. The molecule has 0 heterocycles. The highest BCUT2D eigenvalue weighted by Gasteiger charge is 2.19. The van der Waals surface area contributed by atoms with E-state index in [4.69, 9.17) is 9.84 Å². The summed E-state index contributed by atoms with van der Waals surface area (Å²) in [7, 11) is 0. The minimum absolute atomic E-state index is 0.424. The van der Waals surface area contributed by atoms with Gasteiger partial charge in [-0.05, 0) is 12.8 Å². The van der Waals surface area contributed by atoms with E-state index in [1.165, 1.54) is 110 Å². The normalized spacial score (nSPS) is 12.1. The zero-order chi connectivity index (χ0) is 21.6. The van der Waals surface area contributed by atoms with Crippen molar-refractivity contribution in [1.29, 1.82) is 0 Å². The molecule has 29 heavy (non-hydrogen) atoms. The Morgan fingerprint density at radius 3 is 1.21 bits per heavy atom. The zero-order valence-corrected chi connectivity index (χ0v) is 19.4. The summed E-state index contributed by atoms with van der Waals surface area (Å²) in [6, 6.07) is 0. The number of hydrogen-bond acceptors (Lipinski definition) is 3. The van der Waals surface area contributed by atoms with Gasteiger partial charge in [0.15, 0.2) is 6.10 Å². The second-order valence-electron chi connectivity index (χ2n) is 8.59. The Labute approximate surface area is 180 Å². The first-order valence-corrected chi connectivity index (χ1v) is 12.5. The van der Waals surface area contributed by atoms with Crippen LogP contribution in [-0.4, -0.2) is 23.1 Å². The highest BCUT2D eigenvalue weighted by molar-refractivity contribution is 5.76. The van der Waals surface area contributed by atoms with Gasteiger partial charge in [-0.2, -0.15) is 0 Å². The molecular weight excluding hydrogens is 364 g/mol. The standard InChI is InChI=1S/C25H48O4/c1-3-4-5-6-7-8-9-10-11-12-13-14-15-16-17-18-19-20-21-22-24(25(27)28)29-23(2)26/h24H,3-22H2,1-2H3,(H,27,28)/t24-/m1/s1. The molecule has 172 valence electrons. The van der Waals surface area contributed by atoms with Crippen LogP contribution in [0.1, 0.15) is 142 Å². The maximum absolute atomic E-state index is 11.0. The van der Waals surface area contributed by atoms with Crippen LogP contribution in [0.25, 0.3) is 0 Å². The van der Waals surface area contributed by atoms with E-state index in [-0.39, 0.29) is 0 Å². The van der Waals surface area contributed by atoms with Crippen LogP contribution in [0.5, 0.6) is 0 Å². The number of carboxylic acid groups (broad SMARTS) is 1. The predicted molar refractivity (Wildman–Crippen MR) is 121 cm³/mol. The molecule has 0 aromatic heterocycles. The topological polar surface area (TPSA) is 63.6 Å². The van der Waals surface area contributed by atoms with E-state index in [0.29, 0.717) is 6.42 Å². The van der Waals surface area contributed by atoms with Crippen LogP contribution in [-0.2, 0) is 14.3 Å². The van der Waals surface area contributed by atoms with Crippen LogP contribution in [0.2, 0.25) is 0 Å². The lowest BCUT2D eigenvalue weighted by atomic mass is 10.0. The molecule has 4 heteroatoms. The maximum atomic E-state index is 11.0. The Morgan fingerprint density at radius 2 is 0.931 bits per heavy atom. The summed E-state index contributed by atoms with van der Waals surface area (Å²) in [5.41, 5.74) is 0. The molecule has 1 N–H and O–H groups in total. The Bertz CT molecular complexity index is 381. The van der Waals surface area contributed by atoms with Crippen LogP contribution in [0.3, 0.4) is 0 Å². The fraction of sp³-hybridized carbons (Fsp3) is 0.920. The maximum Gasteiger partial charge on any atom is 0.345 e. The van der Waals surface area contributed by atoms with Gasteiger partial charge < -0.3 is 9.84 Å². The van der Waals surface area contributed by atoms with Gasteiger partial charge in [-0.1, -0.05) is 122 Å². The molecule has 1 atom stereocenters. The van der Waals surface area contributed by atoms with Gasteiger partial charge in [-0.25, -0.2) is 4.79 Å². The summed E-state index contributed by atoms with van der Waals surface area (Å²) in [6.45, 7) is 3.53. The number of unbranched alkanes of at least 4 members (excludes halogenated alkanes) is 18. The number of carbonyl (C=O) groups excluding carboxylic acids is 1. The molecule has 0 rings (SSSR count). The number of esters is 1. The van der Waals surface area contributed by atoms with E-state index in [1.54, 1.807) is 0 Å². The first-order chi connectivity index (χ1) is 14.1. The largest absolute Gasteiger partial charge is 0.479 e. The Morgan fingerprint density at radius 1 is 0.621 bits per heavy atom. The molecule has 0 unspecified atom stereocenters. The lowest BCUT2D eigenvalue weighted by molar-refractivity contribution is -0.163. The molecule has 0 aliphatic heterocycles. The average Bonchev–Trinajstić information content (AvgIpc) is 2.68. The number of carbonyl (C=O) groups is 2. The summed E-state index contributed by atoms with van der Waals surface area (Å²) >= 11 is 0. The third-order valence-corrected chi connectivity index (χ3v) is 5.65. The molecule has 0 radical (unpaired) electrons. The van der Waals surface area contributed by atoms with Gasteiger partial charge >= 0.3 is 11.9 Å².